The molecule has 0 radical (unpaired) electrons. The van der Waals surface area contributed by atoms with Crippen molar-refractivity contribution in [2.45, 2.75) is 0 Å². The third-order valence-electron chi connectivity index (χ3n) is 3.34. The van der Waals surface area contributed by atoms with Gasteiger partial charge in [-0.2, -0.15) is 5.10 Å². The Hall–Kier alpha value is -2.27. The number of hydrogen-bond donors (Lipinski definition) is 1. The number of aromatic amines is 1. The molecule has 5 heteroatoms. The Morgan fingerprint density at radius 1 is 1.05 bits per heavy atom. The van der Waals surface area contributed by atoms with Gasteiger partial charge in [0.15, 0.2) is 0 Å². The quantitative estimate of drug-likeness (QED) is 0.577. The average molecular weight is 325 g/mol. The van der Waals surface area contributed by atoms with Crippen LogP contribution in [-0.2, 0) is 0 Å². The molecule has 0 atom stereocenters. The van der Waals surface area contributed by atoms with Crippen molar-refractivity contribution < 1.29 is 0 Å². The van der Waals surface area contributed by atoms with E-state index in [2.05, 4.69) is 48.2 Å². The first kappa shape index (κ1) is 11.5. The van der Waals surface area contributed by atoms with Gasteiger partial charge < -0.3 is 0 Å². The molecular weight excluding hydrogens is 316 g/mol. The van der Waals surface area contributed by atoms with Crippen LogP contribution in [0.5, 0.6) is 0 Å². The SMILES string of the molecule is Brc1n[nH]c2cnc3ccc(-c4cccnc4)cc3c12. The molecule has 0 fully saturated rings. The molecule has 20 heavy (non-hydrogen) atoms. The van der Waals surface area contributed by atoms with Crippen molar-refractivity contribution in [1.29, 1.82) is 0 Å². The Labute approximate surface area is 123 Å². The first-order valence-corrected chi connectivity index (χ1v) is 6.95. The summed E-state index contributed by atoms with van der Waals surface area (Å²) in [5.41, 5.74) is 4.08. The van der Waals surface area contributed by atoms with Crippen molar-refractivity contribution in [3.63, 3.8) is 0 Å². The highest BCUT2D eigenvalue weighted by Crippen LogP contribution is 2.31. The van der Waals surface area contributed by atoms with E-state index in [-0.39, 0.29) is 0 Å². The van der Waals surface area contributed by atoms with Crippen LogP contribution in [-0.4, -0.2) is 20.2 Å². The van der Waals surface area contributed by atoms with Crippen molar-refractivity contribution in [2.75, 3.05) is 0 Å². The van der Waals surface area contributed by atoms with Gasteiger partial charge in [0, 0.05) is 28.7 Å². The molecule has 4 aromatic rings. The van der Waals surface area contributed by atoms with Crippen molar-refractivity contribution >= 4 is 37.7 Å². The molecule has 3 aromatic heterocycles. The van der Waals surface area contributed by atoms with Crippen LogP contribution in [0.1, 0.15) is 0 Å². The molecule has 4 rings (SSSR count). The van der Waals surface area contributed by atoms with E-state index in [1.807, 2.05) is 24.4 Å². The predicted molar refractivity (Wildman–Crippen MR) is 82.3 cm³/mol. The lowest BCUT2D eigenvalue weighted by molar-refractivity contribution is 1.09. The molecule has 0 bridgehead atoms. The summed E-state index contributed by atoms with van der Waals surface area (Å²) in [7, 11) is 0. The summed E-state index contributed by atoms with van der Waals surface area (Å²) in [6.45, 7) is 0. The number of halogens is 1. The zero-order valence-corrected chi connectivity index (χ0v) is 11.9. The maximum absolute atomic E-state index is 4.45. The Morgan fingerprint density at radius 2 is 2.00 bits per heavy atom. The molecule has 1 aromatic carbocycles. The number of benzene rings is 1. The number of fused-ring (bicyclic) bond motifs is 3. The minimum absolute atomic E-state index is 0.809. The molecule has 1 N–H and O–H groups in total. The fraction of sp³-hybridized carbons (Fsp3) is 0. The van der Waals surface area contributed by atoms with Gasteiger partial charge in [-0.25, -0.2) is 0 Å². The zero-order chi connectivity index (χ0) is 13.5. The molecule has 0 spiro atoms. The van der Waals surface area contributed by atoms with Crippen LogP contribution in [0.2, 0.25) is 0 Å². The summed E-state index contributed by atoms with van der Waals surface area (Å²) in [5, 5.41) is 9.28. The number of rotatable bonds is 1. The minimum atomic E-state index is 0.809. The second kappa shape index (κ2) is 4.38. The van der Waals surface area contributed by atoms with Crippen LogP contribution in [0.25, 0.3) is 32.9 Å². The first-order valence-electron chi connectivity index (χ1n) is 6.16. The van der Waals surface area contributed by atoms with E-state index in [0.717, 1.165) is 37.5 Å². The third-order valence-corrected chi connectivity index (χ3v) is 3.92. The van der Waals surface area contributed by atoms with E-state index < -0.39 is 0 Å². The predicted octanol–water partition coefficient (Wildman–Crippen LogP) is 3.94. The van der Waals surface area contributed by atoms with Gasteiger partial charge in [0.2, 0.25) is 0 Å². The second-order valence-corrected chi connectivity index (χ2v) is 5.29. The first-order chi connectivity index (χ1) is 9.83. The molecule has 3 heterocycles. The lowest BCUT2D eigenvalue weighted by Gasteiger charge is -2.04. The maximum atomic E-state index is 4.45. The minimum Gasteiger partial charge on any atom is -0.275 e. The van der Waals surface area contributed by atoms with Gasteiger partial charge in [0.1, 0.15) is 4.60 Å². The lowest BCUT2D eigenvalue weighted by Crippen LogP contribution is -1.84. The van der Waals surface area contributed by atoms with Crippen molar-refractivity contribution in [2.24, 2.45) is 0 Å². The van der Waals surface area contributed by atoms with Gasteiger partial charge in [0.25, 0.3) is 0 Å². The van der Waals surface area contributed by atoms with Gasteiger partial charge in [-0.05, 0) is 39.7 Å². The number of aromatic nitrogens is 4. The molecule has 0 saturated carbocycles. The molecule has 0 amide bonds. The van der Waals surface area contributed by atoms with Crippen LogP contribution < -0.4 is 0 Å². The number of nitrogens with one attached hydrogen (secondary N) is 1. The van der Waals surface area contributed by atoms with E-state index >= 15 is 0 Å². The van der Waals surface area contributed by atoms with E-state index in [0.29, 0.717) is 0 Å². The fourth-order valence-corrected chi connectivity index (χ4v) is 2.89. The van der Waals surface area contributed by atoms with Crippen LogP contribution in [0.4, 0.5) is 0 Å². The van der Waals surface area contributed by atoms with Gasteiger partial charge in [0.05, 0.1) is 17.2 Å². The Bertz CT molecular complexity index is 915. The Kier molecular flexibility index (Phi) is 2.53. The van der Waals surface area contributed by atoms with Crippen LogP contribution in [0.15, 0.2) is 53.5 Å². The fourth-order valence-electron chi connectivity index (χ4n) is 2.38. The second-order valence-electron chi connectivity index (χ2n) is 4.53. The largest absolute Gasteiger partial charge is 0.275 e. The number of H-pyrrole nitrogens is 1. The highest BCUT2D eigenvalue weighted by molar-refractivity contribution is 9.10. The number of hydrogen-bond acceptors (Lipinski definition) is 3. The van der Waals surface area contributed by atoms with Crippen molar-refractivity contribution in [3.05, 3.63) is 53.5 Å². The molecule has 96 valence electrons. The Morgan fingerprint density at radius 3 is 2.85 bits per heavy atom. The van der Waals surface area contributed by atoms with Gasteiger partial charge >= 0.3 is 0 Å². The van der Waals surface area contributed by atoms with Crippen LogP contribution >= 0.6 is 15.9 Å². The van der Waals surface area contributed by atoms with Crippen molar-refractivity contribution in [1.82, 2.24) is 20.2 Å². The molecule has 0 saturated heterocycles. The van der Waals surface area contributed by atoms with E-state index in [1.165, 1.54) is 0 Å². The van der Waals surface area contributed by atoms with Gasteiger partial charge in [-0.3, -0.25) is 15.1 Å². The van der Waals surface area contributed by atoms with Gasteiger partial charge in [-0.15, -0.1) is 0 Å². The van der Waals surface area contributed by atoms with Crippen LogP contribution in [0, 0.1) is 0 Å². The molecule has 0 unspecified atom stereocenters. The summed E-state index contributed by atoms with van der Waals surface area (Å²) in [6, 6.07) is 10.2. The number of pyridine rings is 2. The molecule has 4 nitrogen and oxygen atoms in total. The third kappa shape index (κ3) is 1.71. The standard InChI is InChI=1S/C15H9BrN4/c16-15-14-11-6-9(10-2-1-5-17-7-10)3-4-12(11)18-8-13(14)19-20-15/h1-8H,(H,19,20). The molecule has 0 aliphatic carbocycles. The van der Waals surface area contributed by atoms with E-state index in [4.69, 9.17) is 0 Å². The molecule has 0 aliphatic rings. The maximum Gasteiger partial charge on any atom is 0.136 e. The van der Waals surface area contributed by atoms with Gasteiger partial charge in [-0.1, -0.05) is 12.1 Å². The lowest BCUT2D eigenvalue weighted by atomic mass is 10.0. The normalized spacial score (nSPS) is 11.2. The highest BCUT2D eigenvalue weighted by atomic mass is 79.9. The van der Waals surface area contributed by atoms with Crippen molar-refractivity contribution in [3.8, 4) is 11.1 Å². The molecule has 0 aliphatic heterocycles. The topological polar surface area (TPSA) is 54.5 Å². The van der Waals surface area contributed by atoms with E-state index in [9.17, 15) is 0 Å². The molecular formula is C15H9BrN4. The summed E-state index contributed by atoms with van der Waals surface area (Å²) in [6.07, 6.45) is 5.44. The number of nitrogens with zero attached hydrogens (tertiary/aromatic N) is 3. The summed E-state index contributed by atoms with van der Waals surface area (Å²) < 4.78 is 0.809. The zero-order valence-electron chi connectivity index (χ0n) is 10.3. The summed E-state index contributed by atoms with van der Waals surface area (Å²) in [5.74, 6) is 0. The van der Waals surface area contributed by atoms with Crippen LogP contribution in [0.3, 0.4) is 0 Å². The monoisotopic (exact) mass is 324 g/mol. The Balaban J connectivity index is 2.07. The highest BCUT2D eigenvalue weighted by Gasteiger charge is 2.09. The van der Waals surface area contributed by atoms with E-state index in [1.54, 1.807) is 12.4 Å². The average Bonchev–Trinajstić information content (AvgIpc) is 2.89. The summed E-state index contributed by atoms with van der Waals surface area (Å²) >= 11 is 3.49. The smallest absolute Gasteiger partial charge is 0.136 e. The summed E-state index contributed by atoms with van der Waals surface area (Å²) in [4.78, 5) is 8.62.